The van der Waals surface area contributed by atoms with Gasteiger partial charge in [-0.2, -0.15) is 4.73 Å². The molecule has 0 aromatic carbocycles. The predicted molar refractivity (Wildman–Crippen MR) is 85.5 cm³/mol. The minimum atomic E-state index is -0.886. The van der Waals surface area contributed by atoms with Crippen LogP contribution in [0.2, 0.25) is 0 Å². The second kappa shape index (κ2) is 7.88. The van der Waals surface area contributed by atoms with E-state index in [2.05, 4.69) is 5.32 Å². The Hall–Kier alpha value is -2.20. The molecule has 0 spiro atoms. The molecule has 0 radical (unpaired) electrons. The van der Waals surface area contributed by atoms with Crippen molar-refractivity contribution >= 4 is 46.1 Å². The zero-order valence-electron chi connectivity index (χ0n) is 11.9. The summed E-state index contributed by atoms with van der Waals surface area (Å²) in [6, 6.07) is 4.28. The molecule has 0 atom stereocenters. The first kappa shape index (κ1) is 17.2. The number of thiocarbonyl (C=S) groups is 1. The lowest BCUT2D eigenvalue weighted by Gasteiger charge is -2.15. The van der Waals surface area contributed by atoms with Gasteiger partial charge in [-0.3, -0.25) is 14.5 Å². The Labute approximate surface area is 141 Å². The molecule has 1 aromatic rings. The van der Waals surface area contributed by atoms with Crippen LogP contribution in [-0.2, 0) is 14.3 Å². The van der Waals surface area contributed by atoms with Gasteiger partial charge in [0.2, 0.25) is 5.91 Å². The summed E-state index contributed by atoms with van der Waals surface area (Å²) in [5, 5.41) is 13.9. The number of pyridine rings is 1. The number of rotatable bonds is 6. The number of hydrogen-bond acceptors (Lipinski definition) is 7. The highest BCUT2D eigenvalue weighted by atomic mass is 32.2. The molecular weight excluding hydrogens is 342 g/mol. The number of thioether (sulfide) groups is 1. The van der Waals surface area contributed by atoms with Gasteiger partial charge in [0, 0.05) is 25.2 Å². The number of aromatic nitrogens is 1. The Morgan fingerprint density at radius 3 is 2.91 bits per heavy atom. The number of carbonyl (C=O) groups excluding carboxylic acids is 3. The second-order valence-corrected chi connectivity index (χ2v) is 6.05. The SMILES string of the molecule is O=C(COC(=O)c1cccc[n+]1[O-])NCCN1C(=O)CSC1=S. The molecule has 122 valence electrons. The van der Waals surface area contributed by atoms with Gasteiger partial charge in [0.15, 0.2) is 12.8 Å². The summed E-state index contributed by atoms with van der Waals surface area (Å²) < 4.78 is 5.60. The lowest BCUT2D eigenvalue weighted by Crippen LogP contribution is -2.39. The first-order valence-corrected chi connectivity index (χ1v) is 7.97. The van der Waals surface area contributed by atoms with Crippen LogP contribution in [0.4, 0.5) is 0 Å². The van der Waals surface area contributed by atoms with Crippen LogP contribution in [0.5, 0.6) is 0 Å². The molecule has 1 aliphatic rings. The quantitative estimate of drug-likeness (QED) is 0.316. The molecule has 0 unspecified atom stereocenters. The summed E-state index contributed by atoms with van der Waals surface area (Å²) in [6.45, 7) is -0.0554. The van der Waals surface area contributed by atoms with Crippen molar-refractivity contribution in [1.29, 1.82) is 0 Å². The van der Waals surface area contributed by atoms with Crippen molar-refractivity contribution in [2.45, 2.75) is 0 Å². The number of amides is 2. The summed E-state index contributed by atoms with van der Waals surface area (Å²) in [6.07, 6.45) is 1.16. The van der Waals surface area contributed by atoms with Crippen molar-refractivity contribution in [3.8, 4) is 0 Å². The van der Waals surface area contributed by atoms with Gasteiger partial charge >= 0.3 is 11.7 Å². The molecule has 1 N–H and O–H groups in total. The van der Waals surface area contributed by atoms with Gasteiger partial charge in [-0.1, -0.05) is 24.0 Å². The van der Waals surface area contributed by atoms with E-state index in [1.54, 1.807) is 0 Å². The van der Waals surface area contributed by atoms with Crippen LogP contribution < -0.4 is 10.0 Å². The molecule has 0 bridgehead atoms. The van der Waals surface area contributed by atoms with Gasteiger partial charge in [0.1, 0.15) is 4.32 Å². The Morgan fingerprint density at radius 1 is 1.48 bits per heavy atom. The first-order chi connectivity index (χ1) is 11.0. The lowest BCUT2D eigenvalue weighted by atomic mass is 10.3. The maximum atomic E-state index is 11.6. The maximum Gasteiger partial charge on any atom is 0.405 e. The summed E-state index contributed by atoms with van der Waals surface area (Å²) in [4.78, 5) is 36.1. The molecule has 1 aromatic heterocycles. The highest BCUT2D eigenvalue weighted by Crippen LogP contribution is 2.18. The van der Waals surface area contributed by atoms with E-state index in [1.807, 2.05) is 0 Å². The fourth-order valence-electron chi connectivity index (χ4n) is 1.75. The summed E-state index contributed by atoms with van der Waals surface area (Å²) in [5.41, 5.74) is -0.203. The zero-order chi connectivity index (χ0) is 16.8. The van der Waals surface area contributed by atoms with Crippen LogP contribution >= 0.6 is 24.0 Å². The van der Waals surface area contributed by atoms with Gasteiger partial charge in [0.05, 0.1) is 5.75 Å². The number of esters is 1. The minimum absolute atomic E-state index is 0.0928. The standard InChI is InChI=1S/C13H13N3O5S2/c17-10(14-4-6-15-11(18)8-23-13(15)22)7-21-12(19)9-3-1-2-5-16(9)20/h1-3,5H,4,6-8H2,(H,14,17). The van der Waals surface area contributed by atoms with E-state index in [0.29, 0.717) is 14.8 Å². The molecule has 1 fully saturated rings. The fraction of sp³-hybridized carbons (Fsp3) is 0.308. The normalized spacial score (nSPS) is 14.0. The third kappa shape index (κ3) is 4.63. The lowest BCUT2D eigenvalue weighted by molar-refractivity contribution is -0.608. The third-order valence-electron chi connectivity index (χ3n) is 2.87. The summed E-state index contributed by atoms with van der Waals surface area (Å²) in [5.74, 6) is -1.19. The Balaban J connectivity index is 1.71. The molecule has 0 aliphatic carbocycles. The van der Waals surface area contributed by atoms with Crippen LogP contribution in [0.1, 0.15) is 10.5 Å². The highest BCUT2D eigenvalue weighted by molar-refractivity contribution is 8.23. The molecule has 0 saturated carbocycles. The molecule has 1 saturated heterocycles. The van der Waals surface area contributed by atoms with E-state index in [-0.39, 0.29) is 24.7 Å². The molecule has 23 heavy (non-hydrogen) atoms. The Morgan fingerprint density at radius 2 is 2.26 bits per heavy atom. The summed E-state index contributed by atoms with van der Waals surface area (Å²) in [7, 11) is 0. The van der Waals surface area contributed by atoms with Crippen LogP contribution in [0.25, 0.3) is 0 Å². The van der Waals surface area contributed by atoms with E-state index in [4.69, 9.17) is 17.0 Å². The smallest absolute Gasteiger partial charge is 0.405 e. The van der Waals surface area contributed by atoms with E-state index >= 15 is 0 Å². The Bertz CT molecular complexity index is 636. The van der Waals surface area contributed by atoms with Crippen molar-refractivity contribution in [1.82, 2.24) is 10.2 Å². The van der Waals surface area contributed by atoms with Crippen molar-refractivity contribution in [3.05, 3.63) is 35.3 Å². The van der Waals surface area contributed by atoms with Crippen molar-refractivity contribution in [2.75, 3.05) is 25.4 Å². The fourth-order valence-corrected chi connectivity index (χ4v) is 2.87. The van der Waals surface area contributed by atoms with Gasteiger partial charge in [-0.25, -0.2) is 4.79 Å². The molecule has 2 amide bonds. The van der Waals surface area contributed by atoms with Gasteiger partial charge in [-0.05, 0) is 6.07 Å². The van der Waals surface area contributed by atoms with Crippen LogP contribution in [-0.4, -0.2) is 52.5 Å². The van der Waals surface area contributed by atoms with Crippen LogP contribution in [0, 0.1) is 5.21 Å². The molecular formula is C13H13N3O5S2. The third-order valence-corrected chi connectivity index (χ3v) is 4.30. The van der Waals surface area contributed by atoms with Crippen LogP contribution in [0.15, 0.2) is 24.4 Å². The van der Waals surface area contributed by atoms with Gasteiger partial charge < -0.3 is 15.3 Å². The minimum Gasteiger partial charge on any atom is -0.618 e. The number of carbonyl (C=O) groups is 3. The molecule has 2 heterocycles. The van der Waals surface area contributed by atoms with E-state index in [0.717, 1.165) is 6.20 Å². The highest BCUT2D eigenvalue weighted by Gasteiger charge is 2.26. The average molecular weight is 355 g/mol. The molecule has 1 aliphatic heterocycles. The molecule has 8 nitrogen and oxygen atoms in total. The van der Waals surface area contributed by atoms with E-state index in [1.165, 1.54) is 34.9 Å². The van der Waals surface area contributed by atoms with Crippen LogP contribution in [0.3, 0.4) is 0 Å². The number of hydrogen-bond donors (Lipinski definition) is 1. The monoisotopic (exact) mass is 355 g/mol. The second-order valence-electron chi connectivity index (χ2n) is 4.44. The number of nitrogens with one attached hydrogen (secondary N) is 1. The first-order valence-electron chi connectivity index (χ1n) is 6.58. The predicted octanol–water partition coefficient (Wildman–Crippen LogP) is -0.547. The zero-order valence-corrected chi connectivity index (χ0v) is 13.5. The van der Waals surface area contributed by atoms with E-state index < -0.39 is 18.5 Å². The molecule has 2 rings (SSSR count). The average Bonchev–Trinajstić information content (AvgIpc) is 2.85. The maximum absolute atomic E-state index is 11.6. The van der Waals surface area contributed by atoms with Crippen molar-refractivity contribution in [3.63, 3.8) is 0 Å². The van der Waals surface area contributed by atoms with Crippen molar-refractivity contribution < 1.29 is 23.9 Å². The Kier molecular flexibility index (Phi) is 5.88. The number of nitrogens with zero attached hydrogens (tertiary/aromatic N) is 2. The molecule has 10 heteroatoms. The summed E-state index contributed by atoms with van der Waals surface area (Å²) >= 11 is 6.28. The number of ether oxygens (including phenoxy) is 1. The van der Waals surface area contributed by atoms with Gasteiger partial charge in [0.25, 0.3) is 5.91 Å². The van der Waals surface area contributed by atoms with E-state index in [9.17, 15) is 19.6 Å². The largest absolute Gasteiger partial charge is 0.618 e. The van der Waals surface area contributed by atoms with Crippen molar-refractivity contribution in [2.24, 2.45) is 0 Å². The topological polar surface area (TPSA) is 103 Å². The van der Waals surface area contributed by atoms with Gasteiger partial charge in [-0.15, -0.1) is 0 Å².